The van der Waals surface area contributed by atoms with Crippen molar-refractivity contribution in [2.75, 3.05) is 19.4 Å². The van der Waals surface area contributed by atoms with Crippen molar-refractivity contribution in [1.82, 2.24) is 5.32 Å². The van der Waals surface area contributed by atoms with Crippen LogP contribution in [0.3, 0.4) is 0 Å². The SMILES string of the molecule is CCCNCc1ccc(SCC(=O)OC)c(F)c1. The molecule has 0 amide bonds. The quantitative estimate of drug-likeness (QED) is 0.470. The van der Waals surface area contributed by atoms with Gasteiger partial charge in [-0.05, 0) is 30.7 Å². The van der Waals surface area contributed by atoms with E-state index in [9.17, 15) is 9.18 Å². The van der Waals surface area contributed by atoms with E-state index in [4.69, 9.17) is 0 Å². The van der Waals surface area contributed by atoms with Crippen LogP contribution in [0.4, 0.5) is 4.39 Å². The fourth-order valence-corrected chi connectivity index (χ4v) is 2.13. The van der Waals surface area contributed by atoms with E-state index >= 15 is 0 Å². The second-order valence-electron chi connectivity index (χ2n) is 3.81. The van der Waals surface area contributed by atoms with Gasteiger partial charge in [-0.2, -0.15) is 0 Å². The first-order chi connectivity index (χ1) is 8.67. The highest BCUT2D eigenvalue weighted by atomic mass is 32.2. The molecule has 0 heterocycles. The lowest BCUT2D eigenvalue weighted by atomic mass is 10.2. The molecule has 3 nitrogen and oxygen atoms in total. The van der Waals surface area contributed by atoms with E-state index in [2.05, 4.69) is 17.0 Å². The summed E-state index contributed by atoms with van der Waals surface area (Å²) in [4.78, 5) is 11.4. The number of carbonyl (C=O) groups excluding carboxylic acids is 1. The zero-order valence-electron chi connectivity index (χ0n) is 10.7. The molecule has 100 valence electrons. The molecule has 1 rings (SSSR count). The van der Waals surface area contributed by atoms with Crippen LogP contribution in [0.25, 0.3) is 0 Å². The highest BCUT2D eigenvalue weighted by molar-refractivity contribution is 8.00. The van der Waals surface area contributed by atoms with E-state index < -0.39 is 0 Å². The number of nitrogens with one attached hydrogen (secondary N) is 1. The van der Waals surface area contributed by atoms with Crippen LogP contribution < -0.4 is 5.32 Å². The maximum Gasteiger partial charge on any atom is 0.315 e. The molecular formula is C13H18FNO2S. The molecule has 0 fully saturated rings. The monoisotopic (exact) mass is 271 g/mol. The fourth-order valence-electron chi connectivity index (χ4n) is 1.38. The molecule has 0 saturated heterocycles. The third-order valence-corrected chi connectivity index (χ3v) is 3.35. The number of hydrogen-bond donors (Lipinski definition) is 1. The lowest BCUT2D eigenvalue weighted by Gasteiger charge is -2.06. The minimum Gasteiger partial charge on any atom is -0.468 e. The summed E-state index contributed by atoms with van der Waals surface area (Å²) >= 11 is 1.15. The van der Waals surface area contributed by atoms with E-state index in [1.165, 1.54) is 13.2 Å². The molecule has 0 spiro atoms. The average molecular weight is 271 g/mol. The third-order valence-electron chi connectivity index (χ3n) is 2.33. The van der Waals surface area contributed by atoms with Crippen LogP contribution >= 0.6 is 11.8 Å². The number of benzene rings is 1. The smallest absolute Gasteiger partial charge is 0.315 e. The van der Waals surface area contributed by atoms with E-state index in [0.29, 0.717) is 11.4 Å². The van der Waals surface area contributed by atoms with E-state index in [-0.39, 0.29) is 17.5 Å². The van der Waals surface area contributed by atoms with Crippen LogP contribution in [0, 0.1) is 5.82 Å². The second-order valence-corrected chi connectivity index (χ2v) is 4.82. The van der Waals surface area contributed by atoms with Gasteiger partial charge in [0.25, 0.3) is 0 Å². The van der Waals surface area contributed by atoms with Crippen LogP contribution in [0.2, 0.25) is 0 Å². The highest BCUT2D eigenvalue weighted by Crippen LogP contribution is 2.22. The van der Waals surface area contributed by atoms with Gasteiger partial charge in [0.15, 0.2) is 0 Å². The van der Waals surface area contributed by atoms with Gasteiger partial charge in [-0.25, -0.2) is 4.39 Å². The summed E-state index contributed by atoms with van der Waals surface area (Å²) in [5, 5.41) is 3.21. The molecule has 0 atom stereocenters. The molecule has 1 N–H and O–H groups in total. The van der Waals surface area contributed by atoms with Crippen molar-refractivity contribution in [2.45, 2.75) is 24.8 Å². The molecule has 1 aromatic carbocycles. The fraction of sp³-hybridized carbons (Fsp3) is 0.462. The number of esters is 1. The van der Waals surface area contributed by atoms with Crippen molar-refractivity contribution in [2.24, 2.45) is 0 Å². The summed E-state index contributed by atoms with van der Waals surface area (Å²) in [7, 11) is 1.32. The molecule has 0 aliphatic rings. The van der Waals surface area contributed by atoms with E-state index in [1.54, 1.807) is 6.07 Å². The van der Waals surface area contributed by atoms with Gasteiger partial charge >= 0.3 is 5.97 Å². The Bertz CT molecular complexity index is 399. The molecule has 0 aliphatic heterocycles. The maximum atomic E-state index is 13.7. The number of carbonyl (C=O) groups is 1. The molecular weight excluding hydrogens is 253 g/mol. The molecule has 5 heteroatoms. The van der Waals surface area contributed by atoms with Gasteiger partial charge in [0.1, 0.15) is 5.82 Å². The Kier molecular flexibility index (Phi) is 6.75. The molecule has 18 heavy (non-hydrogen) atoms. The van der Waals surface area contributed by atoms with Gasteiger partial charge in [0, 0.05) is 11.4 Å². The minimum atomic E-state index is -0.354. The Morgan fingerprint density at radius 2 is 2.28 bits per heavy atom. The first-order valence-electron chi connectivity index (χ1n) is 5.86. The number of rotatable bonds is 7. The second kappa shape index (κ2) is 8.11. The van der Waals surface area contributed by atoms with Gasteiger partial charge < -0.3 is 10.1 Å². The highest BCUT2D eigenvalue weighted by Gasteiger charge is 2.07. The van der Waals surface area contributed by atoms with Crippen LogP contribution in [-0.2, 0) is 16.1 Å². The Balaban J connectivity index is 2.53. The molecule has 1 aromatic rings. The first-order valence-corrected chi connectivity index (χ1v) is 6.84. The van der Waals surface area contributed by atoms with Crippen LogP contribution in [0.5, 0.6) is 0 Å². The molecule has 0 bridgehead atoms. The Hall–Kier alpha value is -1.07. The number of halogens is 1. The van der Waals surface area contributed by atoms with Crippen LogP contribution in [0.15, 0.2) is 23.1 Å². The lowest BCUT2D eigenvalue weighted by Crippen LogP contribution is -2.13. The lowest BCUT2D eigenvalue weighted by molar-refractivity contribution is -0.137. The average Bonchev–Trinajstić information content (AvgIpc) is 2.37. The standard InChI is InChI=1S/C13H18FNO2S/c1-3-6-15-8-10-4-5-12(11(14)7-10)18-9-13(16)17-2/h4-5,7,15H,3,6,8-9H2,1-2H3. The van der Waals surface area contributed by atoms with Crippen LogP contribution in [-0.4, -0.2) is 25.4 Å². The molecule has 0 saturated carbocycles. The predicted molar refractivity (Wildman–Crippen MR) is 71.1 cm³/mol. The van der Waals surface area contributed by atoms with E-state index in [0.717, 1.165) is 30.3 Å². The summed E-state index contributed by atoms with van der Waals surface area (Å²) in [5.74, 6) is -0.520. The summed E-state index contributed by atoms with van der Waals surface area (Å²) in [6.45, 7) is 3.66. The zero-order valence-corrected chi connectivity index (χ0v) is 11.5. The summed E-state index contributed by atoms with van der Waals surface area (Å²) < 4.78 is 18.2. The van der Waals surface area contributed by atoms with Gasteiger partial charge in [0.2, 0.25) is 0 Å². The number of ether oxygens (including phenoxy) is 1. The van der Waals surface area contributed by atoms with Gasteiger partial charge in [0.05, 0.1) is 12.9 Å². The zero-order chi connectivity index (χ0) is 13.4. The summed E-state index contributed by atoms with van der Waals surface area (Å²) in [6.07, 6.45) is 1.05. The van der Waals surface area contributed by atoms with Crippen molar-refractivity contribution in [3.05, 3.63) is 29.6 Å². The Morgan fingerprint density at radius 1 is 1.50 bits per heavy atom. The molecule has 0 unspecified atom stereocenters. The number of methoxy groups -OCH3 is 1. The normalized spacial score (nSPS) is 10.4. The molecule has 0 aliphatic carbocycles. The number of hydrogen-bond acceptors (Lipinski definition) is 4. The van der Waals surface area contributed by atoms with Crippen molar-refractivity contribution in [3.63, 3.8) is 0 Å². The van der Waals surface area contributed by atoms with Crippen molar-refractivity contribution in [3.8, 4) is 0 Å². The van der Waals surface area contributed by atoms with Gasteiger partial charge in [-0.15, -0.1) is 11.8 Å². The Morgan fingerprint density at radius 3 is 2.89 bits per heavy atom. The summed E-state index contributed by atoms with van der Waals surface area (Å²) in [6, 6.07) is 5.07. The van der Waals surface area contributed by atoms with Crippen molar-refractivity contribution in [1.29, 1.82) is 0 Å². The maximum absolute atomic E-state index is 13.7. The van der Waals surface area contributed by atoms with Crippen molar-refractivity contribution < 1.29 is 13.9 Å². The van der Waals surface area contributed by atoms with E-state index in [1.807, 2.05) is 6.07 Å². The molecule has 0 aromatic heterocycles. The largest absolute Gasteiger partial charge is 0.468 e. The number of thioether (sulfide) groups is 1. The van der Waals surface area contributed by atoms with Crippen molar-refractivity contribution >= 4 is 17.7 Å². The molecule has 0 radical (unpaired) electrons. The minimum absolute atomic E-state index is 0.126. The van der Waals surface area contributed by atoms with Gasteiger partial charge in [-0.3, -0.25) is 4.79 Å². The third kappa shape index (κ3) is 5.06. The van der Waals surface area contributed by atoms with Crippen LogP contribution in [0.1, 0.15) is 18.9 Å². The topological polar surface area (TPSA) is 38.3 Å². The summed E-state index contributed by atoms with van der Waals surface area (Å²) in [5.41, 5.74) is 0.906. The van der Waals surface area contributed by atoms with Gasteiger partial charge in [-0.1, -0.05) is 13.0 Å². The predicted octanol–water partition coefficient (Wildman–Crippen LogP) is 2.59. The first kappa shape index (κ1) is 15.0. The Labute approximate surface area is 111 Å².